The Bertz CT molecular complexity index is 1700. The van der Waals surface area contributed by atoms with E-state index >= 15 is 0 Å². The summed E-state index contributed by atoms with van der Waals surface area (Å²) in [6.45, 7) is 1.65. The molecule has 0 saturated carbocycles. The Morgan fingerprint density at radius 1 is 0.844 bits per heavy atom. The summed E-state index contributed by atoms with van der Waals surface area (Å²) < 4.78 is 41.0. The molecule has 0 unspecified atom stereocenters. The molecule has 0 bridgehead atoms. The van der Waals surface area contributed by atoms with Gasteiger partial charge in [0.15, 0.2) is 0 Å². The third-order valence-corrected chi connectivity index (χ3v) is 9.41. The van der Waals surface area contributed by atoms with E-state index in [2.05, 4.69) is 21.2 Å². The number of halogens is 1. The number of para-hydroxylation sites is 2. The van der Waals surface area contributed by atoms with Gasteiger partial charge in [0.1, 0.15) is 24.1 Å². The van der Waals surface area contributed by atoms with Crippen LogP contribution >= 0.6 is 15.9 Å². The highest BCUT2D eigenvalue weighted by Crippen LogP contribution is 2.33. The fourth-order valence-electron chi connectivity index (χ4n) is 4.90. The highest BCUT2D eigenvalue weighted by atomic mass is 79.9. The number of likely N-dealkylation sites (N-methyl/N-ethyl adjacent to an activating group) is 1. The second-order valence-corrected chi connectivity index (χ2v) is 12.9. The Hall–Kier alpha value is -4.35. The van der Waals surface area contributed by atoms with Crippen molar-refractivity contribution in [2.45, 2.75) is 30.8 Å². The fourth-order valence-corrected chi connectivity index (χ4v) is 6.77. The van der Waals surface area contributed by atoms with Gasteiger partial charge in [0.2, 0.25) is 11.8 Å². The molecule has 4 aromatic rings. The van der Waals surface area contributed by atoms with E-state index in [1.54, 1.807) is 36.4 Å². The number of sulfonamides is 1. The van der Waals surface area contributed by atoms with Gasteiger partial charge in [-0.2, -0.15) is 0 Å². The van der Waals surface area contributed by atoms with Crippen LogP contribution in [0.3, 0.4) is 0 Å². The first-order valence-electron chi connectivity index (χ1n) is 14.3. The molecule has 2 amide bonds. The molecule has 45 heavy (non-hydrogen) atoms. The van der Waals surface area contributed by atoms with E-state index in [0.717, 1.165) is 19.9 Å². The van der Waals surface area contributed by atoms with Crippen LogP contribution in [-0.2, 0) is 32.6 Å². The molecule has 0 aliphatic rings. The first kappa shape index (κ1) is 33.5. The number of rotatable bonds is 14. The van der Waals surface area contributed by atoms with E-state index in [9.17, 15) is 18.0 Å². The van der Waals surface area contributed by atoms with Crippen molar-refractivity contribution in [3.8, 4) is 11.5 Å². The van der Waals surface area contributed by atoms with Gasteiger partial charge in [0, 0.05) is 24.0 Å². The van der Waals surface area contributed by atoms with Crippen molar-refractivity contribution in [1.82, 2.24) is 10.2 Å². The standard InChI is InChI=1S/C34H36BrN3O6S/c1-4-36-34(40)31(22-25-11-6-5-7-12-25)37(23-26-13-10-14-27(35)21-26)33(39)24-38(30-15-8-9-16-32(30)44-3)45(41,42)29-19-17-28(43-2)18-20-29/h5-21,31H,4,22-24H2,1-3H3,(H,36,40)/t31-/m0/s1. The summed E-state index contributed by atoms with van der Waals surface area (Å²) in [5.41, 5.74) is 1.80. The maximum Gasteiger partial charge on any atom is 0.264 e. The van der Waals surface area contributed by atoms with Gasteiger partial charge in [0.25, 0.3) is 10.0 Å². The van der Waals surface area contributed by atoms with Crippen molar-refractivity contribution in [3.63, 3.8) is 0 Å². The summed E-state index contributed by atoms with van der Waals surface area (Å²) in [7, 11) is -1.37. The number of anilines is 1. The zero-order valence-electron chi connectivity index (χ0n) is 25.4. The van der Waals surface area contributed by atoms with Crippen LogP contribution < -0.4 is 19.1 Å². The average Bonchev–Trinajstić information content (AvgIpc) is 3.05. The van der Waals surface area contributed by atoms with Gasteiger partial charge in [-0.05, 0) is 66.6 Å². The van der Waals surface area contributed by atoms with Crippen LogP contribution in [0.25, 0.3) is 0 Å². The maximum absolute atomic E-state index is 14.5. The predicted molar refractivity (Wildman–Crippen MR) is 178 cm³/mol. The molecule has 0 radical (unpaired) electrons. The minimum absolute atomic E-state index is 0.0369. The van der Waals surface area contributed by atoms with E-state index in [-0.39, 0.29) is 35.2 Å². The molecule has 4 rings (SSSR count). The monoisotopic (exact) mass is 693 g/mol. The Morgan fingerprint density at radius 2 is 1.51 bits per heavy atom. The van der Waals surface area contributed by atoms with Crippen LogP contribution in [0, 0.1) is 0 Å². The fraction of sp³-hybridized carbons (Fsp3) is 0.235. The van der Waals surface area contributed by atoms with Crippen LogP contribution in [0.4, 0.5) is 5.69 Å². The van der Waals surface area contributed by atoms with Crippen LogP contribution in [0.5, 0.6) is 11.5 Å². The van der Waals surface area contributed by atoms with Crippen molar-refractivity contribution >= 4 is 43.5 Å². The van der Waals surface area contributed by atoms with E-state index in [0.29, 0.717) is 12.3 Å². The van der Waals surface area contributed by atoms with Gasteiger partial charge in [0.05, 0.1) is 24.8 Å². The summed E-state index contributed by atoms with van der Waals surface area (Å²) >= 11 is 3.49. The molecule has 1 atom stereocenters. The normalized spacial score (nSPS) is 11.7. The Balaban J connectivity index is 1.82. The van der Waals surface area contributed by atoms with Crippen molar-refractivity contribution in [1.29, 1.82) is 0 Å². The second-order valence-electron chi connectivity index (χ2n) is 10.1. The summed E-state index contributed by atoms with van der Waals surface area (Å²) in [5, 5.41) is 2.86. The topological polar surface area (TPSA) is 105 Å². The van der Waals surface area contributed by atoms with Gasteiger partial charge < -0.3 is 19.7 Å². The molecule has 0 saturated heterocycles. The van der Waals surface area contributed by atoms with Crippen LogP contribution in [0.2, 0.25) is 0 Å². The quantitative estimate of drug-likeness (QED) is 0.189. The number of methoxy groups -OCH3 is 2. The van der Waals surface area contributed by atoms with Crippen molar-refractivity contribution < 1.29 is 27.5 Å². The third-order valence-electron chi connectivity index (χ3n) is 7.14. The smallest absolute Gasteiger partial charge is 0.264 e. The number of hydrogen-bond donors (Lipinski definition) is 1. The molecule has 236 valence electrons. The molecule has 0 spiro atoms. The number of carbonyl (C=O) groups is 2. The lowest BCUT2D eigenvalue weighted by molar-refractivity contribution is -0.140. The van der Waals surface area contributed by atoms with Gasteiger partial charge in [-0.25, -0.2) is 8.42 Å². The molecule has 0 aliphatic carbocycles. The molecule has 11 heteroatoms. The SMILES string of the molecule is CCNC(=O)[C@H](Cc1ccccc1)N(Cc1cccc(Br)c1)C(=O)CN(c1ccccc1OC)S(=O)(=O)c1ccc(OC)cc1. The summed E-state index contributed by atoms with van der Waals surface area (Å²) in [5.74, 6) is -0.151. The highest BCUT2D eigenvalue weighted by molar-refractivity contribution is 9.10. The largest absolute Gasteiger partial charge is 0.497 e. The summed E-state index contributed by atoms with van der Waals surface area (Å²) in [6, 6.07) is 28.4. The van der Waals surface area contributed by atoms with Gasteiger partial charge in [-0.3, -0.25) is 13.9 Å². The van der Waals surface area contributed by atoms with Crippen LogP contribution in [-0.4, -0.2) is 58.5 Å². The van der Waals surface area contributed by atoms with E-state index < -0.39 is 28.5 Å². The van der Waals surface area contributed by atoms with Crippen molar-refractivity contribution in [2.24, 2.45) is 0 Å². The molecular weight excluding hydrogens is 658 g/mol. The zero-order chi connectivity index (χ0) is 32.4. The van der Waals surface area contributed by atoms with Gasteiger partial charge in [-0.1, -0.05) is 70.5 Å². The van der Waals surface area contributed by atoms with Crippen molar-refractivity contribution in [3.05, 3.63) is 119 Å². The maximum atomic E-state index is 14.5. The van der Waals surface area contributed by atoms with Crippen LogP contribution in [0.1, 0.15) is 18.1 Å². The zero-order valence-corrected chi connectivity index (χ0v) is 27.8. The summed E-state index contributed by atoms with van der Waals surface area (Å²) in [4.78, 5) is 29.5. The number of hydrogen-bond acceptors (Lipinski definition) is 6. The molecule has 9 nitrogen and oxygen atoms in total. The number of nitrogens with one attached hydrogen (secondary N) is 1. The Labute approximate surface area is 273 Å². The Morgan fingerprint density at radius 3 is 2.16 bits per heavy atom. The number of benzene rings is 4. The second kappa shape index (κ2) is 15.6. The molecule has 0 heterocycles. The lowest BCUT2D eigenvalue weighted by atomic mass is 10.0. The lowest BCUT2D eigenvalue weighted by Crippen LogP contribution is -2.53. The molecule has 0 aromatic heterocycles. The minimum atomic E-state index is -4.29. The minimum Gasteiger partial charge on any atom is -0.497 e. The summed E-state index contributed by atoms with van der Waals surface area (Å²) in [6.07, 6.45) is 0.228. The van der Waals surface area contributed by atoms with Gasteiger partial charge >= 0.3 is 0 Å². The lowest BCUT2D eigenvalue weighted by Gasteiger charge is -2.34. The van der Waals surface area contributed by atoms with E-state index in [1.807, 2.05) is 61.5 Å². The third kappa shape index (κ3) is 8.43. The predicted octanol–water partition coefficient (Wildman–Crippen LogP) is 5.44. The average molecular weight is 695 g/mol. The number of ether oxygens (including phenoxy) is 2. The number of nitrogens with zero attached hydrogens (tertiary/aromatic N) is 2. The molecule has 0 aliphatic heterocycles. The van der Waals surface area contributed by atoms with E-state index in [4.69, 9.17) is 9.47 Å². The first-order valence-corrected chi connectivity index (χ1v) is 16.6. The van der Waals surface area contributed by atoms with Crippen LogP contribution in [0.15, 0.2) is 112 Å². The number of carbonyl (C=O) groups excluding carboxylic acids is 2. The number of amides is 2. The van der Waals surface area contributed by atoms with E-state index in [1.165, 1.54) is 31.3 Å². The highest BCUT2D eigenvalue weighted by Gasteiger charge is 2.35. The molecule has 1 N–H and O–H groups in total. The first-order chi connectivity index (χ1) is 21.7. The Kier molecular flexibility index (Phi) is 11.6. The molecule has 4 aromatic carbocycles. The van der Waals surface area contributed by atoms with Crippen molar-refractivity contribution in [2.75, 3.05) is 31.6 Å². The molecular formula is C34H36BrN3O6S. The molecule has 0 fully saturated rings. The van der Waals surface area contributed by atoms with Gasteiger partial charge in [-0.15, -0.1) is 0 Å².